The molecule has 1 saturated heterocycles. The molecule has 0 saturated carbocycles. The molecular formula is C16H31IN4. The van der Waals surface area contributed by atoms with E-state index in [1.165, 1.54) is 25.9 Å². The maximum Gasteiger partial charge on any atom is 0.191 e. The van der Waals surface area contributed by atoms with Gasteiger partial charge in [0.05, 0.1) is 6.54 Å². The van der Waals surface area contributed by atoms with Crippen molar-refractivity contribution in [3.63, 3.8) is 0 Å². The smallest absolute Gasteiger partial charge is 0.191 e. The number of hydrogen-bond acceptors (Lipinski definition) is 2. The zero-order valence-electron chi connectivity index (χ0n) is 13.5. The van der Waals surface area contributed by atoms with Gasteiger partial charge in [-0.3, -0.25) is 4.99 Å². The second-order valence-corrected chi connectivity index (χ2v) is 6.07. The molecule has 0 bridgehead atoms. The molecule has 0 atom stereocenters. The number of nitrogens with one attached hydrogen (secondary N) is 2. The lowest BCUT2D eigenvalue weighted by molar-refractivity contribution is 0.197. The van der Waals surface area contributed by atoms with Crippen molar-refractivity contribution in [2.75, 3.05) is 32.7 Å². The molecule has 21 heavy (non-hydrogen) atoms. The first-order chi connectivity index (χ1) is 9.78. The van der Waals surface area contributed by atoms with Gasteiger partial charge in [0.2, 0.25) is 0 Å². The molecule has 0 aromatic heterocycles. The minimum Gasteiger partial charge on any atom is -0.357 e. The van der Waals surface area contributed by atoms with E-state index in [1.54, 1.807) is 0 Å². The van der Waals surface area contributed by atoms with Crippen LogP contribution < -0.4 is 10.6 Å². The van der Waals surface area contributed by atoms with Crippen LogP contribution in [0.3, 0.4) is 0 Å². The van der Waals surface area contributed by atoms with Crippen LogP contribution in [-0.4, -0.2) is 49.6 Å². The van der Waals surface area contributed by atoms with Crippen LogP contribution in [0.2, 0.25) is 0 Å². The van der Waals surface area contributed by atoms with E-state index in [-0.39, 0.29) is 24.0 Å². The normalized spacial score (nSPS) is 21.3. The summed E-state index contributed by atoms with van der Waals surface area (Å²) in [4.78, 5) is 7.26. The molecule has 0 spiro atoms. The van der Waals surface area contributed by atoms with Crippen LogP contribution >= 0.6 is 24.0 Å². The SMILES string of the molecule is CCNC(=NCCN1CCC(C)CC1)NC1CC=CC1.I. The number of aliphatic imine (C=N–C) groups is 1. The quantitative estimate of drug-likeness (QED) is 0.319. The van der Waals surface area contributed by atoms with Crippen molar-refractivity contribution in [1.29, 1.82) is 0 Å². The summed E-state index contributed by atoms with van der Waals surface area (Å²) >= 11 is 0. The van der Waals surface area contributed by atoms with E-state index in [2.05, 4.69) is 41.5 Å². The molecule has 5 heteroatoms. The number of guanidine groups is 1. The molecule has 1 aliphatic heterocycles. The predicted molar refractivity (Wildman–Crippen MR) is 102 cm³/mol. The van der Waals surface area contributed by atoms with Crippen molar-refractivity contribution >= 4 is 29.9 Å². The highest BCUT2D eigenvalue weighted by Gasteiger charge is 2.15. The fourth-order valence-electron chi connectivity index (χ4n) is 2.84. The van der Waals surface area contributed by atoms with Crippen LogP contribution in [-0.2, 0) is 0 Å². The van der Waals surface area contributed by atoms with Crippen LogP contribution in [0.4, 0.5) is 0 Å². The molecular weight excluding hydrogens is 375 g/mol. The van der Waals surface area contributed by atoms with E-state index in [9.17, 15) is 0 Å². The summed E-state index contributed by atoms with van der Waals surface area (Å²) in [6, 6.07) is 0.531. The number of rotatable bonds is 5. The molecule has 0 unspecified atom stereocenters. The van der Waals surface area contributed by atoms with Gasteiger partial charge >= 0.3 is 0 Å². The monoisotopic (exact) mass is 406 g/mol. The first kappa shape index (κ1) is 18.7. The fourth-order valence-corrected chi connectivity index (χ4v) is 2.84. The van der Waals surface area contributed by atoms with Crippen LogP contribution in [0, 0.1) is 5.92 Å². The van der Waals surface area contributed by atoms with Crippen molar-refractivity contribution < 1.29 is 0 Å². The number of hydrogen-bond donors (Lipinski definition) is 2. The third kappa shape index (κ3) is 7.00. The summed E-state index contributed by atoms with van der Waals surface area (Å²) < 4.78 is 0. The van der Waals surface area contributed by atoms with Gasteiger partial charge < -0.3 is 15.5 Å². The highest BCUT2D eigenvalue weighted by Crippen LogP contribution is 2.15. The Bertz CT molecular complexity index is 327. The van der Waals surface area contributed by atoms with E-state index in [0.717, 1.165) is 44.4 Å². The zero-order valence-corrected chi connectivity index (χ0v) is 15.8. The molecule has 122 valence electrons. The second-order valence-electron chi connectivity index (χ2n) is 6.07. The maximum atomic E-state index is 4.72. The summed E-state index contributed by atoms with van der Waals surface area (Å²) in [5, 5.41) is 6.87. The summed E-state index contributed by atoms with van der Waals surface area (Å²) in [6.07, 6.45) is 9.42. The number of nitrogens with zero attached hydrogens (tertiary/aromatic N) is 2. The molecule has 1 fully saturated rings. The average molecular weight is 406 g/mol. The van der Waals surface area contributed by atoms with Crippen molar-refractivity contribution in [2.45, 2.75) is 45.6 Å². The largest absolute Gasteiger partial charge is 0.357 e. The summed E-state index contributed by atoms with van der Waals surface area (Å²) in [7, 11) is 0. The predicted octanol–water partition coefficient (Wildman–Crippen LogP) is 2.61. The van der Waals surface area contributed by atoms with Crippen LogP contribution in [0.15, 0.2) is 17.1 Å². The standard InChI is InChI=1S/C16H30N4.HI/c1-3-17-16(19-15-6-4-5-7-15)18-10-13-20-11-8-14(2)9-12-20;/h4-5,14-15H,3,6-13H2,1-2H3,(H2,17,18,19);1H. The van der Waals surface area contributed by atoms with E-state index >= 15 is 0 Å². The Balaban J connectivity index is 0.00000220. The molecule has 4 nitrogen and oxygen atoms in total. The molecule has 0 radical (unpaired) electrons. The maximum absolute atomic E-state index is 4.72. The fraction of sp³-hybridized carbons (Fsp3) is 0.812. The van der Waals surface area contributed by atoms with Gasteiger partial charge in [0.25, 0.3) is 0 Å². The van der Waals surface area contributed by atoms with Crippen LogP contribution in [0.25, 0.3) is 0 Å². The summed E-state index contributed by atoms with van der Waals surface area (Å²) in [5.74, 6) is 1.88. The van der Waals surface area contributed by atoms with Gasteiger partial charge in [-0.1, -0.05) is 19.1 Å². The van der Waals surface area contributed by atoms with Gasteiger partial charge in [0.15, 0.2) is 5.96 Å². The van der Waals surface area contributed by atoms with E-state index < -0.39 is 0 Å². The number of piperidine rings is 1. The Labute approximate surface area is 146 Å². The third-order valence-corrected chi connectivity index (χ3v) is 4.26. The molecule has 1 aliphatic carbocycles. The van der Waals surface area contributed by atoms with Crippen molar-refractivity contribution in [3.05, 3.63) is 12.2 Å². The van der Waals surface area contributed by atoms with Gasteiger partial charge in [0.1, 0.15) is 0 Å². The second kappa shape index (κ2) is 10.4. The zero-order chi connectivity index (χ0) is 14.2. The van der Waals surface area contributed by atoms with Gasteiger partial charge in [-0.25, -0.2) is 0 Å². The Morgan fingerprint density at radius 3 is 2.52 bits per heavy atom. The van der Waals surface area contributed by atoms with Gasteiger partial charge in [-0.15, -0.1) is 24.0 Å². The topological polar surface area (TPSA) is 39.7 Å². The van der Waals surface area contributed by atoms with Crippen LogP contribution in [0.1, 0.15) is 39.5 Å². The Kier molecular flexibility index (Phi) is 9.31. The Morgan fingerprint density at radius 2 is 1.90 bits per heavy atom. The van der Waals surface area contributed by atoms with Gasteiger partial charge in [0, 0.05) is 19.1 Å². The van der Waals surface area contributed by atoms with Crippen LogP contribution in [0.5, 0.6) is 0 Å². The minimum atomic E-state index is 0. The lowest BCUT2D eigenvalue weighted by atomic mass is 9.99. The van der Waals surface area contributed by atoms with Crippen molar-refractivity contribution in [3.8, 4) is 0 Å². The summed E-state index contributed by atoms with van der Waals surface area (Å²) in [6.45, 7) is 9.87. The average Bonchev–Trinajstić information content (AvgIpc) is 2.94. The van der Waals surface area contributed by atoms with Gasteiger partial charge in [-0.05, 0) is 51.6 Å². The summed E-state index contributed by atoms with van der Waals surface area (Å²) in [5.41, 5.74) is 0. The van der Waals surface area contributed by atoms with E-state index in [1.807, 2.05) is 0 Å². The molecule has 1 heterocycles. The number of halogens is 1. The number of likely N-dealkylation sites (tertiary alicyclic amines) is 1. The highest BCUT2D eigenvalue weighted by atomic mass is 127. The Morgan fingerprint density at radius 1 is 1.24 bits per heavy atom. The molecule has 2 aliphatic rings. The van der Waals surface area contributed by atoms with Gasteiger partial charge in [-0.2, -0.15) is 0 Å². The molecule has 0 aromatic carbocycles. The minimum absolute atomic E-state index is 0. The lowest BCUT2D eigenvalue weighted by Gasteiger charge is -2.29. The molecule has 2 N–H and O–H groups in total. The third-order valence-electron chi connectivity index (χ3n) is 4.26. The molecule has 0 aromatic rings. The van der Waals surface area contributed by atoms with E-state index in [0.29, 0.717) is 6.04 Å². The molecule has 2 rings (SSSR count). The highest BCUT2D eigenvalue weighted by molar-refractivity contribution is 14.0. The Hall–Kier alpha value is -0.300. The first-order valence-electron chi connectivity index (χ1n) is 8.20. The van der Waals surface area contributed by atoms with Crippen molar-refractivity contribution in [2.24, 2.45) is 10.9 Å². The molecule has 0 amide bonds. The first-order valence-corrected chi connectivity index (χ1v) is 8.20. The van der Waals surface area contributed by atoms with E-state index in [4.69, 9.17) is 4.99 Å². The van der Waals surface area contributed by atoms with Crippen molar-refractivity contribution in [1.82, 2.24) is 15.5 Å². The lowest BCUT2D eigenvalue weighted by Crippen LogP contribution is -2.43.